The molecule has 0 saturated heterocycles. The van der Waals surface area contributed by atoms with Gasteiger partial charge >= 0.3 is 5.97 Å². The molecule has 2 aromatic rings. The second-order valence-corrected chi connectivity index (χ2v) is 5.91. The third kappa shape index (κ3) is 5.43. The van der Waals surface area contributed by atoms with E-state index >= 15 is 0 Å². The largest absolute Gasteiger partial charge is 0.451 e. The molecule has 0 aliphatic rings. The van der Waals surface area contributed by atoms with Crippen molar-refractivity contribution in [1.29, 1.82) is 0 Å². The molecule has 0 saturated carbocycles. The fraction of sp³-hybridized carbons (Fsp3) is 0.222. The van der Waals surface area contributed by atoms with E-state index in [-0.39, 0.29) is 11.5 Å². The maximum absolute atomic E-state index is 13.5. The van der Waals surface area contributed by atoms with Crippen molar-refractivity contribution in [2.45, 2.75) is 6.92 Å². The smallest absolute Gasteiger partial charge is 0.355 e. The number of aryl methyl sites for hydroxylation is 1. The van der Waals surface area contributed by atoms with E-state index in [1.165, 1.54) is 30.8 Å². The van der Waals surface area contributed by atoms with Crippen LogP contribution in [0.1, 0.15) is 27.8 Å². The molecule has 29 heavy (non-hydrogen) atoms. The number of esters is 1. The minimum atomic E-state index is -1.74. The fourth-order valence-electron chi connectivity index (χ4n) is 2.21. The number of nitrogens with one attached hydrogen (secondary N) is 2. The number of ketones is 1. The Hall–Kier alpha value is -3.63. The lowest BCUT2D eigenvalue weighted by Gasteiger charge is -2.09. The summed E-state index contributed by atoms with van der Waals surface area (Å²) in [5, 5.41) is 4.08. The van der Waals surface area contributed by atoms with Gasteiger partial charge in [-0.1, -0.05) is 0 Å². The molecule has 154 valence electrons. The molecule has 1 heterocycles. The molecule has 0 radical (unpaired) electrons. The minimum absolute atomic E-state index is 0.0505. The number of amides is 2. The molecule has 11 heteroatoms. The van der Waals surface area contributed by atoms with Crippen molar-refractivity contribution < 1.29 is 37.1 Å². The van der Waals surface area contributed by atoms with Gasteiger partial charge in [0, 0.05) is 18.8 Å². The van der Waals surface area contributed by atoms with E-state index in [1.54, 1.807) is 0 Å². The van der Waals surface area contributed by atoms with Crippen molar-refractivity contribution in [2.24, 2.45) is 7.05 Å². The van der Waals surface area contributed by atoms with Crippen LogP contribution in [-0.4, -0.2) is 41.3 Å². The van der Waals surface area contributed by atoms with Crippen LogP contribution in [0.4, 0.5) is 18.9 Å². The van der Waals surface area contributed by atoms with Crippen LogP contribution in [0.2, 0.25) is 0 Å². The first-order valence-corrected chi connectivity index (χ1v) is 8.14. The Balaban J connectivity index is 1.82. The van der Waals surface area contributed by atoms with Crippen LogP contribution in [0.15, 0.2) is 24.4 Å². The van der Waals surface area contributed by atoms with Gasteiger partial charge in [-0.15, -0.1) is 0 Å². The summed E-state index contributed by atoms with van der Waals surface area (Å²) in [6.07, 6.45) is 1.43. The average molecular weight is 411 g/mol. The maximum atomic E-state index is 13.5. The summed E-state index contributed by atoms with van der Waals surface area (Å²) < 4.78 is 45.6. The highest BCUT2D eigenvalue weighted by molar-refractivity contribution is 5.98. The number of aromatic nitrogens is 1. The van der Waals surface area contributed by atoms with Crippen molar-refractivity contribution in [3.05, 3.63) is 53.1 Å². The monoisotopic (exact) mass is 411 g/mol. The lowest BCUT2D eigenvalue weighted by molar-refractivity contribution is -0.126. The summed E-state index contributed by atoms with van der Waals surface area (Å²) >= 11 is 0. The van der Waals surface area contributed by atoms with E-state index < -0.39 is 54.1 Å². The third-order valence-corrected chi connectivity index (χ3v) is 3.71. The molecular weight excluding hydrogens is 395 g/mol. The predicted molar refractivity (Wildman–Crippen MR) is 93.7 cm³/mol. The van der Waals surface area contributed by atoms with Crippen LogP contribution in [-0.2, 0) is 21.4 Å². The minimum Gasteiger partial charge on any atom is -0.451 e. The number of ether oxygens (including phenoxy) is 1. The van der Waals surface area contributed by atoms with Crippen molar-refractivity contribution in [2.75, 3.05) is 18.5 Å². The molecule has 8 nitrogen and oxygen atoms in total. The Bertz CT molecular complexity index is 987. The topological polar surface area (TPSA) is 106 Å². The zero-order valence-electron chi connectivity index (χ0n) is 15.3. The summed E-state index contributed by atoms with van der Waals surface area (Å²) in [7, 11) is 1.52. The summed E-state index contributed by atoms with van der Waals surface area (Å²) in [5.41, 5.74) is -0.251. The number of halogens is 3. The predicted octanol–water partition coefficient (Wildman–Crippen LogP) is 1.56. The van der Waals surface area contributed by atoms with E-state index in [4.69, 9.17) is 4.74 Å². The van der Waals surface area contributed by atoms with Gasteiger partial charge in [-0.2, -0.15) is 0 Å². The molecule has 0 spiro atoms. The number of carbonyl (C=O) groups excluding carboxylic acids is 4. The summed E-state index contributed by atoms with van der Waals surface area (Å²) in [4.78, 5) is 46.6. The summed E-state index contributed by atoms with van der Waals surface area (Å²) in [5.74, 6) is -7.59. The van der Waals surface area contributed by atoms with Crippen LogP contribution in [0, 0.1) is 17.5 Å². The maximum Gasteiger partial charge on any atom is 0.355 e. The Morgan fingerprint density at radius 3 is 2.38 bits per heavy atom. The summed E-state index contributed by atoms with van der Waals surface area (Å²) in [6, 6.07) is 2.77. The highest BCUT2D eigenvalue weighted by Gasteiger charge is 2.18. The number of benzene rings is 1. The van der Waals surface area contributed by atoms with Crippen LogP contribution in [0.3, 0.4) is 0 Å². The molecular formula is C18H16F3N3O5. The SMILES string of the molecule is CC(=O)c1cc(C(=O)OCC(=O)NCC(=O)Nc2ccc(F)c(F)c2F)n(C)c1. The van der Waals surface area contributed by atoms with Gasteiger partial charge in [0.25, 0.3) is 5.91 Å². The molecule has 1 aromatic carbocycles. The normalized spacial score (nSPS) is 10.4. The zero-order valence-corrected chi connectivity index (χ0v) is 15.3. The summed E-state index contributed by atoms with van der Waals surface area (Å²) in [6.45, 7) is -0.0190. The third-order valence-electron chi connectivity index (χ3n) is 3.71. The number of rotatable bonds is 7. The van der Waals surface area contributed by atoms with Gasteiger partial charge in [-0.05, 0) is 25.1 Å². The lowest BCUT2D eigenvalue weighted by Crippen LogP contribution is -2.35. The quantitative estimate of drug-likeness (QED) is 0.409. The number of nitrogens with zero attached hydrogens (tertiary/aromatic N) is 1. The zero-order chi connectivity index (χ0) is 21.7. The van der Waals surface area contributed by atoms with Gasteiger partial charge in [-0.25, -0.2) is 18.0 Å². The number of hydrogen-bond donors (Lipinski definition) is 2. The van der Waals surface area contributed by atoms with E-state index in [1.807, 2.05) is 5.32 Å². The highest BCUT2D eigenvalue weighted by Crippen LogP contribution is 2.19. The fourth-order valence-corrected chi connectivity index (χ4v) is 2.21. The van der Waals surface area contributed by atoms with Crippen LogP contribution >= 0.6 is 0 Å². The van der Waals surface area contributed by atoms with Crippen molar-refractivity contribution in [3.63, 3.8) is 0 Å². The molecule has 2 N–H and O–H groups in total. The molecule has 0 unspecified atom stereocenters. The first-order chi connectivity index (χ1) is 13.6. The van der Waals surface area contributed by atoms with Gasteiger partial charge in [0.15, 0.2) is 29.8 Å². The molecule has 2 rings (SSSR count). The van der Waals surface area contributed by atoms with Crippen molar-refractivity contribution in [1.82, 2.24) is 9.88 Å². The van der Waals surface area contributed by atoms with Crippen LogP contribution < -0.4 is 10.6 Å². The van der Waals surface area contributed by atoms with Crippen molar-refractivity contribution in [3.8, 4) is 0 Å². The van der Waals surface area contributed by atoms with Gasteiger partial charge in [0.2, 0.25) is 5.91 Å². The van der Waals surface area contributed by atoms with Gasteiger partial charge < -0.3 is 19.9 Å². The van der Waals surface area contributed by atoms with E-state index in [0.717, 1.165) is 6.07 Å². The van der Waals surface area contributed by atoms with Gasteiger partial charge in [0.1, 0.15) is 5.69 Å². The van der Waals surface area contributed by atoms with Gasteiger partial charge in [-0.3, -0.25) is 14.4 Å². The highest BCUT2D eigenvalue weighted by atomic mass is 19.2. The van der Waals surface area contributed by atoms with Crippen LogP contribution in [0.25, 0.3) is 0 Å². The lowest BCUT2D eigenvalue weighted by atomic mass is 10.2. The second kappa shape index (κ2) is 9.04. The second-order valence-electron chi connectivity index (χ2n) is 5.91. The van der Waals surface area contributed by atoms with E-state index in [2.05, 4.69) is 5.32 Å². The molecule has 0 fully saturated rings. The Labute approximate surface area is 162 Å². The van der Waals surface area contributed by atoms with Gasteiger partial charge in [0.05, 0.1) is 12.2 Å². The molecule has 0 aliphatic heterocycles. The molecule has 0 aliphatic carbocycles. The number of carbonyl (C=O) groups is 4. The van der Waals surface area contributed by atoms with Crippen LogP contribution in [0.5, 0.6) is 0 Å². The molecule has 2 amide bonds. The Kier molecular flexibility index (Phi) is 6.75. The van der Waals surface area contributed by atoms with Crippen molar-refractivity contribution >= 4 is 29.3 Å². The van der Waals surface area contributed by atoms with E-state index in [0.29, 0.717) is 11.6 Å². The molecule has 1 aromatic heterocycles. The number of Topliss-reactive ketones (excluding diaryl/α,β-unsaturated/α-hetero) is 1. The standard InChI is InChI=1S/C18H16F3N3O5/c1-9(25)10-5-13(24(2)7-10)18(28)29-8-15(27)22-6-14(26)23-12-4-3-11(19)16(20)17(12)21/h3-5,7H,6,8H2,1-2H3,(H,22,27)(H,23,26). The number of hydrogen-bond acceptors (Lipinski definition) is 5. The first-order valence-electron chi connectivity index (χ1n) is 8.14. The van der Waals surface area contributed by atoms with E-state index in [9.17, 15) is 32.3 Å². The molecule has 0 atom stereocenters. The first kappa shape index (κ1) is 21.7. The average Bonchev–Trinajstić information content (AvgIpc) is 3.07. The number of anilines is 1. The molecule has 0 bridgehead atoms. The Morgan fingerprint density at radius 1 is 1.07 bits per heavy atom. The Morgan fingerprint density at radius 2 is 1.76 bits per heavy atom.